The first-order valence-corrected chi connectivity index (χ1v) is 13.8. The topological polar surface area (TPSA) is 128 Å². The van der Waals surface area contributed by atoms with Gasteiger partial charge in [0, 0.05) is 30.9 Å². The highest BCUT2D eigenvalue weighted by atomic mass is 32.2. The fourth-order valence-electron chi connectivity index (χ4n) is 4.31. The minimum Gasteiger partial charge on any atom is -0.382 e. The summed E-state index contributed by atoms with van der Waals surface area (Å²) in [5, 5.41) is 8.91. The number of fused-ring (bicyclic) bond motifs is 1. The van der Waals surface area contributed by atoms with E-state index < -0.39 is 10.1 Å². The molecule has 3 aromatic rings. The lowest BCUT2D eigenvalue weighted by Gasteiger charge is -2.17. The molecular formula is C25H34N6O4S. The van der Waals surface area contributed by atoms with E-state index in [4.69, 9.17) is 4.18 Å². The molecule has 1 aromatic heterocycles. The van der Waals surface area contributed by atoms with Gasteiger partial charge in [-0.2, -0.15) is 8.42 Å². The Balaban J connectivity index is 1.36. The van der Waals surface area contributed by atoms with Crippen LogP contribution in [0, 0.1) is 0 Å². The summed E-state index contributed by atoms with van der Waals surface area (Å²) in [5.74, 6) is 0.396. The fourth-order valence-corrected chi connectivity index (χ4v) is 5.24. The second-order valence-electron chi connectivity index (χ2n) is 8.86. The first-order chi connectivity index (χ1) is 17.4. The number of carbonyl (C=O) groups excluding carboxylic acids is 1. The van der Waals surface area contributed by atoms with Crippen LogP contribution in [0.4, 0.5) is 16.4 Å². The van der Waals surface area contributed by atoms with Crippen molar-refractivity contribution in [1.82, 2.24) is 20.2 Å². The van der Waals surface area contributed by atoms with Gasteiger partial charge in [0.25, 0.3) is 0 Å². The van der Waals surface area contributed by atoms with Crippen LogP contribution in [0.2, 0.25) is 0 Å². The number of rotatable bonds is 11. The fraction of sp³-hybridized carbons (Fsp3) is 0.440. The molecular weight excluding hydrogens is 480 g/mol. The molecule has 1 saturated carbocycles. The molecule has 0 bridgehead atoms. The molecule has 36 heavy (non-hydrogen) atoms. The zero-order chi connectivity index (χ0) is 25.5. The van der Waals surface area contributed by atoms with E-state index >= 15 is 0 Å². The number of urea groups is 1. The first-order valence-electron chi connectivity index (χ1n) is 12.4. The van der Waals surface area contributed by atoms with Gasteiger partial charge in [0.2, 0.25) is 5.95 Å². The van der Waals surface area contributed by atoms with E-state index in [1.165, 1.54) is 18.9 Å². The number of imidazole rings is 1. The van der Waals surface area contributed by atoms with Gasteiger partial charge in [0.05, 0.1) is 11.0 Å². The van der Waals surface area contributed by atoms with E-state index in [9.17, 15) is 13.2 Å². The molecule has 2 amide bonds. The number of nitrogens with zero attached hydrogens (tertiary/aromatic N) is 2. The van der Waals surface area contributed by atoms with Crippen LogP contribution in [-0.2, 0) is 10.1 Å². The molecule has 1 aliphatic rings. The van der Waals surface area contributed by atoms with Gasteiger partial charge in [-0.05, 0) is 62.3 Å². The quantitative estimate of drug-likeness (QED) is 0.283. The first kappa shape index (κ1) is 25.8. The lowest BCUT2D eigenvalue weighted by molar-refractivity contribution is 0.247. The number of anilines is 2. The monoisotopic (exact) mass is 514 g/mol. The van der Waals surface area contributed by atoms with Crippen molar-refractivity contribution in [2.75, 3.05) is 36.8 Å². The molecule has 0 radical (unpaired) electrons. The van der Waals surface area contributed by atoms with Gasteiger partial charge in [0.15, 0.2) is 0 Å². The average molecular weight is 515 g/mol. The summed E-state index contributed by atoms with van der Waals surface area (Å²) in [6, 6.07) is 11.4. The summed E-state index contributed by atoms with van der Waals surface area (Å²) >= 11 is 0. The van der Waals surface area contributed by atoms with Crippen LogP contribution in [0.1, 0.15) is 39.5 Å². The Morgan fingerprint density at radius 1 is 1.11 bits per heavy atom. The Morgan fingerprint density at radius 3 is 2.53 bits per heavy atom. The number of likely N-dealkylation sites (N-methyl/N-ethyl adjacent to an activating group) is 1. The van der Waals surface area contributed by atoms with Crippen molar-refractivity contribution in [3.63, 3.8) is 0 Å². The number of hydrogen-bond acceptors (Lipinski definition) is 7. The van der Waals surface area contributed by atoms with E-state index in [0.29, 0.717) is 23.6 Å². The molecule has 0 spiro atoms. The number of hydrogen-bond donors (Lipinski definition) is 4. The molecule has 10 nitrogen and oxygen atoms in total. The Hall–Kier alpha value is -3.31. The second-order valence-corrected chi connectivity index (χ2v) is 10.4. The predicted octanol–water partition coefficient (Wildman–Crippen LogP) is 4.15. The zero-order valence-corrected chi connectivity index (χ0v) is 21.5. The van der Waals surface area contributed by atoms with Gasteiger partial charge in [-0.15, -0.1) is 0 Å². The molecule has 0 saturated heterocycles. The molecule has 11 heteroatoms. The molecule has 0 aliphatic heterocycles. The lowest BCUT2D eigenvalue weighted by atomic mass is 10.2. The van der Waals surface area contributed by atoms with Crippen molar-refractivity contribution in [3.05, 3.63) is 42.5 Å². The number of nitrogens with one attached hydrogen (secondary N) is 4. The lowest BCUT2D eigenvalue weighted by Crippen LogP contribution is -2.37. The highest BCUT2D eigenvalue weighted by Gasteiger charge is 2.19. The zero-order valence-electron chi connectivity index (χ0n) is 20.7. The van der Waals surface area contributed by atoms with Crippen molar-refractivity contribution < 1.29 is 17.4 Å². The number of aromatic amines is 1. The molecule has 0 unspecified atom stereocenters. The highest BCUT2D eigenvalue weighted by molar-refractivity contribution is 7.87. The summed E-state index contributed by atoms with van der Waals surface area (Å²) in [4.78, 5) is 21.8. The third-order valence-corrected chi connectivity index (χ3v) is 7.63. The van der Waals surface area contributed by atoms with E-state index in [1.807, 2.05) is 0 Å². The summed E-state index contributed by atoms with van der Waals surface area (Å²) in [6.45, 7) is 7.27. The molecule has 1 aliphatic carbocycles. The van der Waals surface area contributed by atoms with Crippen LogP contribution in [0.15, 0.2) is 47.4 Å². The molecule has 4 N–H and O–H groups in total. The summed E-state index contributed by atoms with van der Waals surface area (Å²) < 4.78 is 30.9. The van der Waals surface area contributed by atoms with Crippen molar-refractivity contribution in [3.8, 4) is 5.75 Å². The third kappa shape index (κ3) is 6.67. The molecule has 1 fully saturated rings. The summed E-state index contributed by atoms with van der Waals surface area (Å²) in [6.07, 6.45) is 4.72. The van der Waals surface area contributed by atoms with Crippen LogP contribution >= 0.6 is 0 Å². The van der Waals surface area contributed by atoms with Crippen molar-refractivity contribution in [2.24, 2.45) is 0 Å². The largest absolute Gasteiger partial charge is 0.382 e. The van der Waals surface area contributed by atoms with Crippen molar-refractivity contribution in [2.45, 2.75) is 50.5 Å². The molecule has 4 rings (SSSR count). The van der Waals surface area contributed by atoms with Gasteiger partial charge in [-0.25, -0.2) is 9.78 Å². The maximum Gasteiger partial charge on any atom is 0.339 e. The Morgan fingerprint density at radius 2 is 1.83 bits per heavy atom. The van der Waals surface area contributed by atoms with Gasteiger partial charge < -0.3 is 24.7 Å². The van der Waals surface area contributed by atoms with Crippen LogP contribution < -0.4 is 20.1 Å². The molecule has 2 aromatic carbocycles. The van der Waals surface area contributed by atoms with E-state index in [2.05, 4.69) is 44.7 Å². The SMILES string of the molecule is CCN(CC)CCNC(=O)Nc1nc2cc(OS(=O)(=O)c3ccc(NC4CCCC4)cc3)ccc2[nH]1. The van der Waals surface area contributed by atoms with E-state index in [0.717, 1.165) is 38.2 Å². The normalized spacial score (nSPS) is 14.3. The standard InChI is InChI=1S/C25H34N6O4S/c1-3-31(4-2)16-15-26-25(32)30-24-28-22-14-11-20(17-23(22)29-24)35-36(33,34)21-12-9-19(10-13-21)27-18-7-5-6-8-18/h9-14,17-18,27H,3-8,15-16H2,1-2H3,(H3,26,28,29,30,32). The molecule has 194 valence electrons. The predicted molar refractivity (Wildman–Crippen MR) is 141 cm³/mol. The van der Waals surface area contributed by atoms with Crippen LogP contribution in [0.3, 0.4) is 0 Å². The van der Waals surface area contributed by atoms with Crippen LogP contribution in [0.5, 0.6) is 5.75 Å². The summed E-state index contributed by atoms with van der Waals surface area (Å²) in [7, 11) is -4.01. The number of aromatic nitrogens is 2. The van der Waals surface area contributed by atoms with Gasteiger partial charge >= 0.3 is 16.1 Å². The van der Waals surface area contributed by atoms with Crippen molar-refractivity contribution in [1.29, 1.82) is 0 Å². The van der Waals surface area contributed by atoms with E-state index in [-0.39, 0.29) is 22.6 Å². The number of amides is 2. The Bertz CT molecular complexity index is 1270. The van der Waals surface area contributed by atoms with Gasteiger partial charge in [0.1, 0.15) is 10.6 Å². The number of carbonyl (C=O) groups is 1. The van der Waals surface area contributed by atoms with Gasteiger partial charge in [-0.3, -0.25) is 5.32 Å². The van der Waals surface area contributed by atoms with Crippen molar-refractivity contribution >= 4 is 38.8 Å². The molecule has 1 heterocycles. The van der Waals surface area contributed by atoms with E-state index in [1.54, 1.807) is 36.4 Å². The van der Waals surface area contributed by atoms with Crippen LogP contribution in [0.25, 0.3) is 11.0 Å². The maximum absolute atomic E-state index is 12.8. The number of H-pyrrole nitrogens is 1. The second kappa shape index (κ2) is 11.6. The Kier molecular flexibility index (Phi) is 8.32. The van der Waals surface area contributed by atoms with Crippen LogP contribution in [-0.4, -0.2) is 61.5 Å². The maximum atomic E-state index is 12.8. The smallest absolute Gasteiger partial charge is 0.339 e. The minimum absolute atomic E-state index is 0.0744. The highest BCUT2D eigenvalue weighted by Crippen LogP contribution is 2.26. The minimum atomic E-state index is -4.01. The Labute approximate surface area is 211 Å². The average Bonchev–Trinajstić information content (AvgIpc) is 3.51. The van der Waals surface area contributed by atoms with Gasteiger partial charge in [-0.1, -0.05) is 26.7 Å². The third-order valence-electron chi connectivity index (χ3n) is 6.37. The molecule has 0 atom stereocenters. The summed E-state index contributed by atoms with van der Waals surface area (Å²) in [5.41, 5.74) is 2.01. The number of benzene rings is 2.